The lowest BCUT2D eigenvalue weighted by atomic mass is 10.1. The molecule has 1 amide bonds. The van der Waals surface area contributed by atoms with E-state index in [9.17, 15) is 9.59 Å². The number of halogens is 1. The second-order valence-electron chi connectivity index (χ2n) is 3.84. The number of anilines is 1. The highest BCUT2D eigenvalue weighted by molar-refractivity contribution is 6.32. The number of hydrogen-bond acceptors (Lipinski definition) is 2. The van der Waals surface area contributed by atoms with E-state index in [0.717, 1.165) is 11.1 Å². The molecule has 1 aromatic carbocycles. The highest BCUT2D eigenvalue weighted by Gasteiger charge is 2.09. The Morgan fingerprint density at radius 2 is 2.06 bits per heavy atom. The summed E-state index contributed by atoms with van der Waals surface area (Å²) in [5.41, 5.74) is 2.19. The van der Waals surface area contributed by atoms with Gasteiger partial charge in [-0.1, -0.05) is 11.6 Å². The quantitative estimate of drug-likeness (QED) is 0.869. The van der Waals surface area contributed by atoms with Crippen LogP contribution in [0.3, 0.4) is 0 Å². The normalized spacial score (nSPS) is 10.1. The summed E-state index contributed by atoms with van der Waals surface area (Å²) in [6.45, 7) is 3.23. The Kier molecular flexibility index (Phi) is 4.52. The smallest absolute Gasteiger partial charge is 0.303 e. The van der Waals surface area contributed by atoms with Crippen molar-refractivity contribution in [2.75, 3.05) is 5.32 Å². The van der Waals surface area contributed by atoms with Gasteiger partial charge in [0.1, 0.15) is 0 Å². The van der Waals surface area contributed by atoms with Crippen LogP contribution >= 0.6 is 11.6 Å². The third kappa shape index (κ3) is 4.07. The average Bonchev–Trinajstić information content (AvgIpc) is 2.20. The van der Waals surface area contributed by atoms with Crippen molar-refractivity contribution in [1.82, 2.24) is 0 Å². The SMILES string of the molecule is CC(=O)Nc1cc(C)c(Cl)c(CCC(=O)O)c1. The second kappa shape index (κ2) is 5.68. The van der Waals surface area contributed by atoms with Gasteiger partial charge in [0.2, 0.25) is 5.91 Å². The fraction of sp³-hybridized carbons (Fsp3) is 0.333. The van der Waals surface area contributed by atoms with Gasteiger partial charge < -0.3 is 10.4 Å². The molecule has 0 radical (unpaired) electrons. The van der Waals surface area contributed by atoms with E-state index >= 15 is 0 Å². The summed E-state index contributed by atoms with van der Waals surface area (Å²) < 4.78 is 0. The van der Waals surface area contributed by atoms with Crippen molar-refractivity contribution >= 4 is 29.2 Å². The van der Waals surface area contributed by atoms with E-state index < -0.39 is 5.97 Å². The molecule has 0 aliphatic carbocycles. The molecular formula is C12H14ClNO3. The molecule has 0 fully saturated rings. The van der Waals surface area contributed by atoms with E-state index in [1.165, 1.54) is 6.92 Å². The zero-order valence-electron chi connectivity index (χ0n) is 9.71. The summed E-state index contributed by atoms with van der Waals surface area (Å²) in [6.07, 6.45) is 0.366. The van der Waals surface area contributed by atoms with E-state index in [1.54, 1.807) is 12.1 Å². The Hall–Kier alpha value is -1.55. The Bertz CT molecular complexity index is 457. The van der Waals surface area contributed by atoms with E-state index in [4.69, 9.17) is 16.7 Å². The van der Waals surface area contributed by atoms with E-state index in [0.29, 0.717) is 17.1 Å². The van der Waals surface area contributed by atoms with Crippen molar-refractivity contribution in [2.45, 2.75) is 26.7 Å². The first kappa shape index (κ1) is 13.5. The maximum Gasteiger partial charge on any atom is 0.303 e. The number of hydrogen-bond donors (Lipinski definition) is 2. The Morgan fingerprint density at radius 1 is 1.41 bits per heavy atom. The molecule has 0 aliphatic heterocycles. The number of carbonyl (C=O) groups is 2. The number of amides is 1. The molecule has 0 saturated carbocycles. The summed E-state index contributed by atoms with van der Waals surface area (Å²) in [5.74, 6) is -1.04. The first-order valence-electron chi connectivity index (χ1n) is 5.18. The molecule has 0 bridgehead atoms. The maximum atomic E-state index is 10.9. The lowest BCUT2D eigenvalue weighted by molar-refractivity contribution is -0.137. The molecule has 0 aliphatic rings. The van der Waals surface area contributed by atoms with Crippen LogP contribution in [0.2, 0.25) is 5.02 Å². The number of nitrogens with one attached hydrogen (secondary N) is 1. The zero-order valence-corrected chi connectivity index (χ0v) is 10.5. The van der Waals surface area contributed by atoms with Crippen LogP contribution < -0.4 is 5.32 Å². The van der Waals surface area contributed by atoms with Crippen LogP contribution in [-0.2, 0) is 16.0 Å². The molecule has 1 rings (SSSR count). The van der Waals surface area contributed by atoms with Crippen molar-refractivity contribution in [3.05, 3.63) is 28.3 Å². The highest BCUT2D eigenvalue weighted by Crippen LogP contribution is 2.26. The minimum absolute atomic E-state index is 0.0166. The van der Waals surface area contributed by atoms with Gasteiger partial charge in [0.05, 0.1) is 0 Å². The molecule has 0 heterocycles. The first-order valence-corrected chi connectivity index (χ1v) is 5.56. The van der Waals surface area contributed by atoms with Crippen molar-refractivity contribution in [3.8, 4) is 0 Å². The molecule has 2 N–H and O–H groups in total. The number of benzene rings is 1. The van der Waals surface area contributed by atoms with Crippen LogP contribution in [0.5, 0.6) is 0 Å². The fourth-order valence-electron chi connectivity index (χ4n) is 1.54. The lowest BCUT2D eigenvalue weighted by Crippen LogP contribution is -2.07. The highest BCUT2D eigenvalue weighted by atomic mass is 35.5. The average molecular weight is 256 g/mol. The summed E-state index contributed by atoms with van der Waals surface area (Å²) >= 11 is 6.08. The number of carboxylic acid groups (broad SMARTS) is 1. The van der Waals surface area contributed by atoms with Gasteiger partial charge in [-0.05, 0) is 36.6 Å². The number of aliphatic carboxylic acids is 1. The molecule has 0 aromatic heterocycles. The van der Waals surface area contributed by atoms with E-state index in [-0.39, 0.29) is 12.3 Å². The van der Waals surface area contributed by atoms with Gasteiger partial charge >= 0.3 is 5.97 Å². The summed E-state index contributed by atoms with van der Waals surface area (Å²) in [7, 11) is 0. The van der Waals surface area contributed by atoms with Gasteiger partial charge in [-0.15, -0.1) is 0 Å². The predicted molar refractivity (Wildman–Crippen MR) is 66.4 cm³/mol. The molecule has 5 heteroatoms. The van der Waals surface area contributed by atoms with Crippen LogP contribution in [0.1, 0.15) is 24.5 Å². The van der Waals surface area contributed by atoms with Crippen molar-refractivity contribution in [1.29, 1.82) is 0 Å². The monoisotopic (exact) mass is 255 g/mol. The Balaban J connectivity index is 2.97. The second-order valence-corrected chi connectivity index (χ2v) is 4.22. The molecule has 0 spiro atoms. The standard InChI is InChI=1S/C12H14ClNO3/c1-7-5-10(14-8(2)15)6-9(12(7)13)3-4-11(16)17/h5-6H,3-4H2,1-2H3,(H,14,15)(H,16,17). The molecule has 17 heavy (non-hydrogen) atoms. The Morgan fingerprint density at radius 3 is 2.59 bits per heavy atom. The van der Waals surface area contributed by atoms with Crippen LogP contribution in [0.25, 0.3) is 0 Å². The van der Waals surface area contributed by atoms with Gasteiger partial charge in [0, 0.05) is 24.1 Å². The van der Waals surface area contributed by atoms with Gasteiger partial charge in [0.25, 0.3) is 0 Å². The third-order valence-corrected chi connectivity index (χ3v) is 2.80. The van der Waals surface area contributed by atoms with Crippen molar-refractivity contribution < 1.29 is 14.7 Å². The summed E-state index contributed by atoms with van der Waals surface area (Å²) in [4.78, 5) is 21.5. The zero-order chi connectivity index (χ0) is 13.0. The first-order chi connectivity index (χ1) is 7.90. The number of carbonyl (C=O) groups excluding carboxylic acids is 1. The van der Waals surface area contributed by atoms with Gasteiger partial charge in [-0.25, -0.2) is 0 Å². The van der Waals surface area contributed by atoms with E-state index in [1.807, 2.05) is 6.92 Å². The molecule has 4 nitrogen and oxygen atoms in total. The molecule has 92 valence electrons. The third-order valence-electron chi connectivity index (χ3n) is 2.26. The van der Waals surface area contributed by atoms with Crippen molar-refractivity contribution in [2.24, 2.45) is 0 Å². The lowest BCUT2D eigenvalue weighted by Gasteiger charge is -2.10. The summed E-state index contributed by atoms with van der Waals surface area (Å²) in [5, 5.41) is 11.8. The topological polar surface area (TPSA) is 66.4 Å². The maximum absolute atomic E-state index is 10.9. The number of aryl methyl sites for hydroxylation is 2. The largest absolute Gasteiger partial charge is 0.481 e. The number of rotatable bonds is 4. The minimum atomic E-state index is -0.872. The van der Waals surface area contributed by atoms with Gasteiger partial charge in [-0.3, -0.25) is 9.59 Å². The molecule has 0 atom stereocenters. The van der Waals surface area contributed by atoms with E-state index in [2.05, 4.69) is 5.32 Å². The predicted octanol–water partition coefficient (Wildman–Crippen LogP) is 2.62. The summed E-state index contributed by atoms with van der Waals surface area (Å²) in [6, 6.07) is 3.47. The van der Waals surface area contributed by atoms with Crippen LogP contribution in [0.4, 0.5) is 5.69 Å². The molecule has 0 unspecified atom stereocenters. The Labute approximate surface area is 105 Å². The van der Waals surface area contributed by atoms with Gasteiger partial charge in [-0.2, -0.15) is 0 Å². The van der Waals surface area contributed by atoms with Crippen LogP contribution in [0, 0.1) is 6.92 Å². The molecule has 0 saturated heterocycles. The molecule has 1 aromatic rings. The fourth-order valence-corrected chi connectivity index (χ4v) is 1.75. The van der Waals surface area contributed by atoms with Gasteiger partial charge in [0.15, 0.2) is 0 Å². The van der Waals surface area contributed by atoms with Crippen molar-refractivity contribution in [3.63, 3.8) is 0 Å². The number of carboxylic acids is 1. The van der Waals surface area contributed by atoms with Crippen LogP contribution in [0.15, 0.2) is 12.1 Å². The van der Waals surface area contributed by atoms with Crippen LogP contribution in [-0.4, -0.2) is 17.0 Å². The molecular weight excluding hydrogens is 242 g/mol. The minimum Gasteiger partial charge on any atom is -0.481 e.